The number of fused-ring (bicyclic) bond motifs is 1. The summed E-state index contributed by atoms with van der Waals surface area (Å²) >= 11 is 0. The van der Waals surface area contributed by atoms with E-state index in [9.17, 15) is 8.78 Å². The molecule has 0 amide bonds. The topological polar surface area (TPSA) is 66.6 Å². The number of ether oxygens (including phenoxy) is 1. The van der Waals surface area contributed by atoms with Gasteiger partial charge in [-0.1, -0.05) is 6.07 Å². The van der Waals surface area contributed by atoms with Crippen LogP contribution in [-0.2, 0) is 6.54 Å². The van der Waals surface area contributed by atoms with Crippen LogP contribution in [0.25, 0.3) is 33.4 Å². The Morgan fingerprint density at radius 1 is 1.03 bits per heavy atom. The third-order valence-corrected chi connectivity index (χ3v) is 5.59. The van der Waals surface area contributed by atoms with Crippen molar-refractivity contribution in [2.24, 2.45) is 0 Å². The van der Waals surface area contributed by atoms with Crippen LogP contribution in [-0.4, -0.2) is 21.6 Å². The second-order valence-electron chi connectivity index (χ2n) is 7.61. The van der Waals surface area contributed by atoms with Crippen LogP contribution in [0.15, 0.2) is 73.2 Å². The van der Waals surface area contributed by atoms with Crippen LogP contribution >= 0.6 is 12.4 Å². The predicted molar refractivity (Wildman–Crippen MR) is 129 cm³/mol. The van der Waals surface area contributed by atoms with E-state index in [0.717, 1.165) is 16.6 Å². The molecule has 8 heteroatoms. The number of halogens is 3. The van der Waals surface area contributed by atoms with E-state index in [4.69, 9.17) is 15.0 Å². The van der Waals surface area contributed by atoms with Crippen molar-refractivity contribution < 1.29 is 13.5 Å². The summed E-state index contributed by atoms with van der Waals surface area (Å²) in [6, 6.07) is 16.7. The van der Waals surface area contributed by atoms with Gasteiger partial charge in [-0.05, 0) is 59.7 Å². The average molecular weight is 477 g/mol. The molecule has 170 valence electrons. The number of benzene rings is 2. The molecule has 0 saturated carbocycles. The monoisotopic (exact) mass is 476 g/mol. The van der Waals surface area contributed by atoms with Gasteiger partial charge < -0.3 is 14.3 Å². The van der Waals surface area contributed by atoms with E-state index in [1.165, 1.54) is 31.4 Å². The van der Waals surface area contributed by atoms with E-state index in [1.54, 1.807) is 12.1 Å². The molecule has 34 heavy (non-hydrogen) atoms. The fourth-order valence-corrected chi connectivity index (χ4v) is 3.93. The van der Waals surface area contributed by atoms with Gasteiger partial charge in [0.25, 0.3) is 0 Å². The number of methoxy groups -OCH3 is 1. The maximum absolute atomic E-state index is 14.5. The molecule has 1 N–H and O–H groups in total. The first-order chi connectivity index (χ1) is 16.1. The van der Waals surface area contributed by atoms with Crippen LogP contribution in [0.1, 0.15) is 11.1 Å². The van der Waals surface area contributed by atoms with Crippen molar-refractivity contribution in [2.75, 3.05) is 7.11 Å². The highest BCUT2D eigenvalue weighted by atomic mass is 35.5. The molecule has 0 radical (unpaired) electrons. The highest BCUT2D eigenvalue weighted by Gasteiger charge is 2.17. The molecule has 0 fully saturated rings. The first-order valence-electron chi connectivity index (χ1n) is 10.2. The lowest BCUT2D eigenvalue weighted by atomic mass is 9.97. The van der Waals surface area contributed by atoms with Gasteiger partial charge in [0.05, 0.1) is 29.4 Å². The molecule has 0 aliphatic heterocycles. The van der Waals surface area contributed by atoms with Crippen LogP contribution in [0, 0.1) is 23.0 Å². The van der Waals surface area contributed by atoms with Crippen LogP contribution in [0.2, 0.25) is 0 Å². The maximum Gasteiger partial charge on any atom is 0.165 e. The number of aromatic nitrogens is 3. The normalized spacial score (nSPS) is 10.6. The van der Waals surface area contributed by atoms with Crippen LogP contribution in [0.5, 0.6) is 5.75 Å². The molecular formula is C26H19ClF2N4O. The molecule has 0 atom stereocenters. The molecule has 0 aliphatic rings. The molecular weight excluding hydrogens is 458 g/mol. The predicted octanol–water partition coefficient (Wildman–Crippen LogP) is 6.33. The Morgan fingerprint density at radius 3 is 2.50 bits per heavy atom. The van der Waals surface area contributed by atoms with E-state index in [0.29, 0.717) is 28.9 Å². The van der Waals surface area contributed by atoms with Gasteiger partial charge in [-0.15, -0.1) is 12.4 Å². The molecule has 0 aliphatic carbocycles. The summed E-state index contributed by atoms with van der Waals surface area (Å²) in [4.78, 5) is 7.86. The Hall–Kier alpha value is -4.15. The molecule has 0 unspecified atom stereocenters. The molecule has 3 aromatic heterocycles. The minimum atomic E-state index is -0.621. The summed E-state index contributed by atoms with van der Waals surface area (Å²) < 4.78 is 36.1. The second-order valence-corrected chi connectivity index (χ2v) is 7.61. The van der Waals surface area contributed by atoms with Gasteiger partial charge >= 0.3 is 0 Å². The van der Waals surface area contributed by atoms with Crippen molar-refractivity contribution in [3.8, 4) is 34.2 Å². The Balaban J connectivity index is 0.00000274. The summed E-state index contributed by atoms with van der Waals surface area (Å²) in [5, 5.41) is 9.10. The van der Waals surface area contributed by atoms with Crippen LogP contribution < -0.4 is 4.74 Å². The molecule has 5 aromatic rings. The SMILES string of the molecule is COc1ccc(-c2nc3ccn(Cc4cc[nH]c4)c3cc2-c2ccc(C#N)c(F)c2)cc1F.Cl. The quantitative estimate of drug-likeness (QED) is 0.322. The molecule has 0 bridgehead atoms. The molecule has 5 rings (SSSR count). The Labute approximate surface area is 200 Å². The maximum atomic E-state index is 14.5. The molecule has 3 heterocycles. The van der Waals surface area contributed by atoms with Crippen molar-refractivity contribution in [1.82, 2.24) is 14.5 Å². The number of nitriles is 1. The standard InChI is InChI=1S/C26H18F2N4O.ClH/c1-33-25-5-4-18(11-22(25)28)26-20(17-2-3-19(13-29)21(27)10-17)12-24-23(31-26)7-9-32(24)15-16-6-8-30-14-16;/h2-12,14,30H,15H2,1H3;1H. The number of hydrogen-bond acceptors (Lipinski definition) is 3. The summed E-state index contributed by atoms with van der Waals surface area (Å²) in [5.74, 6) is -1.01. The Kier molecular flexibility index (Phi) is 6.35. The van der Waals surface area contributed by atoms with Gasteiger partial charge in [0.2, 0.25) is 0 Å². The van der Waals surface area contributed by atoms with E-state index in [2.05, 4.69) is 4.98 Å². The van der Waals surface area contributed by atoms with Crippen LogP contribution in [0.4, 0.5) is 8.78 Å². The summed E-state index contributed by atoms with van der Waals surface area (Å²) in [7, 11) is 1.40. The van der Waals surface area contributed by atoms with Gasteiger partial charge in [-0.25, -0.2) is 13.8 Å². The average Bonchev–Trinajstić information content (AvgIpc) is 3.48. The number of nitrogens with zero attached hydrogens (tertiary/aromatic N) is 3. The van der Waals surface area contributed by atoms with Gasteiger partial charge in [0.1, 0.15) is 11.9 Å². The van der Waals surface area contributed by atoms with E-state index >= 15 is 0 Å². The van der Waals surface area contributed by atoms with Crippen molar-refractivity contribution >= 4 is 23.4 Å². The van der Waals surface area contributed by atoms with Gasteiger partial charge in [-0.3, -0.25) is 0 Å². The fraction of sp³-hybridized carbons (Fsp3) is 0.0769. The Morgan fingerprint density at radius 2 is 1.82 bits per heavy atom. The van der Waals surface area contributed by atoms with Gasteiger partial charge in [-0.2, -0.15) is 5.26 Å². The third-order valence-electron chi connectivity index (χ3n) is 5.59. The van der Waals surface area contributed by atoms with Crippen molar-refractivity contribution in [3.63, 3.8) is 0 Å². The van der Waals surface area contributed by atoms with Gasteiger partial charge in [0, 0.05) is 36.3 Å². The van der Waals surface area contributed by atoms with Crippen molar-refractivity contribution in [3.05, 3.63) is 95.9 Å². The van der Waals surface area contributed by atoms with E-state index in [-0.39, 0.29) is 23.7 Å². The zero-order chi connectivity index (χ0) is 22.9. The first kappa shape index (κ1) is 23.0. The number of rotatable bonds is 5. The first-order valence-corrected chi connectivity index (χ1v) is 10.2. The lowest BCUT2D eigenvalue weighted by molar-refractivity contribution is 0.386. The van der Waals surface area contributed by atoms with Crippen molar-refractivity contribution in [1.29, 1.82) is 5.26 Å². The molecule has 5 nitrogen and oxygen atoms in total. The lowest BCUT2D eigenvalue weighted by Gasteiger charge is -2.13. The highest BCUT2D eigenvalue weighted by Crippen LogP contribution is 2.36. The summed E-state index contributed by atoms with van der Waals surface area (Å²) in [6.07, 6.45) is 5.72. The minimum Gasteiger partial charge on any atom is -0.494 e. The Bertz CT molecular complexity index is 1520. The highest BCUT2D eigenvalue weighted by molar-refractivity contribution is 5.90. The second kappa shape index (κ2) is 9.38. The smallest absolute Gasteiger partial charge is 0.165 e. The summed E-state index contributed by atoms with van der Waals surface area (Å²) in [6.45, 7) is 0.631. The number of hydrogen-bond donors (Lipinski definition) is 1. The number of H-pyrrole nitrogens is 1. The number of aromatic amines is 1. The van der Waals surface area contributed by atoms with Gasteiger partial charge in [0.15, 0.2) is 11.6 Å². The zero-order valence-electron chi connectivity index (χ0n) is 18.0. The van der Waals surface area contributed by atoms with Crippen LogP contribution in [0.3, 0.4) is 0 Å². The van der Waals surface area contributed by atoms with E-state index < -0.39 is 11.6 Å². The fourth-order valence-electron chi connectivity index (χ4n) is 3.93. The molecule has 2 aromatic carbocycles. The number of pyridine rings is 1. The van der Waals surface area contributed by atoms with Crippen molar-refractivity contribution in [2.45, 2.75) is 6.54 Å². The summed E-state index contributed by atoms with van der Waals surface area (Å²) in [5.41, 5.74) is 4.86. The molecule has 0 saturated heterocycles. The minimum absolute atomic E-state index is 0. The number of nitrogens with one attached hydrogen (secondary N) is 1. The lowest BCUT2D eigenvalue weighted by Crippen LogP contribution is -1.99. The third kappa shape index (κ3) is 4.12. The largest absolute Gasteiger partial charge is 0.494 e. The van der Waals surface area contributed by atoms with E-state index in [1.807, 2.05) is 47.4 Å². The molecule has 0 spiro atoms. The zero-order valence-corrected chi connectivity index (χ0v) is 18.9.